The van der Waals surface area contributed by atoms with Gasteiger partial charge in [-0.15, -0.1) is 11.3 Å². The van der Waals surface area contributed by atoms with Gasteiger partial charge in [0.25, 0.3) is 5.91 Å². The van der Waals surface area contributed by atoms with Crippen molar-refractivity contribution in [2.45, 2.75) is 6.92 Å². The van der Waals surface area contributed by atoms with E-state index in [2.05, 4.69) is 10.6 Å². The number of rotatable bonds is 5. The van der Waals surface area contributed by atoms with Gasteiger partial charge in [-0.2, -0.15) is 0 Å². The lowest BCUT2D eigenvalue weighted by molar-refractivity contribution is -0.114. The maximum atomic E-state index is 12.7. The molecule has 31 heavy (non-hydrogen) atoms. The lowest BCUT2D eigenvalue weighted by atomic mass is 10.1. The zero-order valence-electron chi connectivity index (χ0n) is 16.6. The van der Waals surface area contributed by atoms with Crippen molar-refractivity contribution in [1.82, 2.24) is 4.98 Å². The Labute approximate surface area is 188 Å². The summed E-state index contributed by atoms with van der Waals surface area (Å²) in [6.45, 7) is 1.42. The molecular formula is C24H18ClN3O2S. The molecule has 1 aromatic heterocycles. The molecule has 0 aliphatic heterocycles. The molecule has 0 bridgehead atoms. The van der Waals surface area contributed by atoms with Crippen molar-refractivity contribution in [1.29, 1.82) is 0 Å². The zero-order valence-corrected chi connectivity index (χ0v) is 18.1. The lowest BCUT2D eigenvalue weighted by Crippen LogP contribution is -2.13. The predicted octanol–water partition coefficient (Wildman–Crippen LogP) is 6.34. The number of benzene rings is 3. The van der Waals surface area contributed by atoms with Gasteiger partial charge in [0.2, 0.25) is 5.91 Å². The fourth-order valence-corrected chi connectivity index (χ4v) is 4.22. The first-order chi connectivity index (χ1) is 15.0. The highest BCUT2D eigenvalue weighted by Crippen LogP contribution is 2.33. The maximum absolute atomic E-state index is 12.7. The van der Waals surface area contributed by atoms with E-state index in [1.165, 1.54) is 18.3 Å². The Morgan fingerprint density at radius 2 is 1.65 bits per heavy atom. The van der Waals surface area contributed by atoms with Gasteiger partial charge in [-0.3, -0.25) is 9.59 Å². The van der Waals surface area contributed by atoms with Crippen molar-refractivity contribution in [3.05, 3.63) is 88.8 Å². The molecule has 4 aromatic rings. The summed E-state index contributed by atoms with van der Waals surface area (Å²) in [4.78, 5) is 28.6. The Hall–Kier alpha value is -3.48. The van der Waals surface area contributed by atoms with Crippen LogP contribution in [-0.4, -0.2) is 16.8 Å². The highest BCUT2D eigenvalue weighted by molar-refractivity contribution is 7.13. The molecule has 0 aliphatic carbocycles. The van der Waals surface area contributed by atoms with Crippen LogP contribution in [0.25, 0.3) is 21.8 Å². The third-order valence-electron chi connectivity index (χ3n) is 4.47. The van der Waals surface area contributed by atoms with Gasteiger partial charge in [-0.25, -0.2) is 4.98 Å². The zero-order chi connectivity index (χ0) is 21.8. The summed E-state index contributed by atoms with van der Waals surface area (Å²) in [5, 5.41) is 9.04. The Morgan fingerprint density at radius 3 is 2.42 bits per heavy atom. The molecule has 0 unspecified atom stereocenters. The quantitative estimate of drug-likeness (QED) is 0.375. The van der Waals surface area contributed by atoms with Gasteiger partial charge in [0.05, 0.1) is 10.7 Å². The Bertz CT molecular complexity index is 1270. The number of carbonyl (C=O) groups excluding carboxylic acids is 2. The SMILES string of the molecule is CC(=O)Nc1cccc(C(=O)Nc2cccc(-c3csc(-c4ccccc4Cl)n3)c2)c1. The van der Waals surface area contributed by atoms with E-state index in [0.717, 1.165) is 21.8 Å². The molecule has 0 fully saturated rings. The molecular weight excluding hydrogens is 430 g/mol. The normalized spacial score (nSPS) is 10.5. The second-order valence-corrected chi connectivity index (χ2v) is 8.08. The second-order valence-electron chi connectivity index (χ2n) is 6.81. The maximum Gasteiger partial charge on any atom is 0.255 e. The summed E-state index contributed by atoms with van der Waals surface area (Å²) in [6.07, 6.45) is 0. The lowest BCUT2D eigenvalue weighted by Gasteiger charge is -2.08. The van der Waals surface area contributed by atoms with Crippen molar-refractivity contribution >= 4 is 46.1 Å². The fourth-order valence-electron chi connectivity index (χ4n) is 3.07. The van der Waals surface area contributed by atoms with Crippen LogP contribution in [-0.2, 0) is 4.79 Å². The average Bonchev–Trinajstić information content (AvgIpc) is 3.24. The minimum absolute atomic E-state index is 0.190. The first kappa shape index (κ1) is 20.8. The van der Waals surface area contributed by atoms with Crippen molar-refractivity contribution in [2.75, 3.05) is 10.6 Å². The number of thiazole rings is 1. The molecule has 0 aliphatic rings. The van der Waals surface area contributed by atoms with E-state index in [4.69, 9.17) is 16.6 Å². The standard InChI is InChI=1S/C24H18ClN3O2S/c1-15(29)26-18-8-5-7-17(13-18)23(30)27-19-9-4-6-16(12-19)22-14-31-24(28-22)20-10-2-3-11-21(20)25/h2-14H,1H3,(H,26,29)(H,27,30). The van der Waals surface area contributed by atoms with Crippen LogP contribution in [0.15, 0.2) is 78.2 Å². The van der Waals surface area contributed by atoms with Crippen LogP contribution in [0.4, 0.5) is 11.4 Å². The van der Waals surface area contributed by atoms with Gasteiger partial charge in [-0.05, 0) is 36.4 Å². The summed E-state index contributed by atoms with van der Waals surface area (Å²) in [5.41, 5.74) is 4.27. The number of hydrogen-bond donors (Lipinski definition) is 2. The molecule has 3 aromatic carbocycles. The third kappa shape index (κ3) is 4.99. The molecule has 154 valence electrons. The molecule has 1 heterocycles. The van der Waals surface area contributed by atoms with E-state index in [0.29, 0.717) is 22.0 Å². The number of amides is 2. The van der Waals surface area contributed by atoms with Crippen molar-refractivity contribution in [2.24, 2.45) is 0 Å². The summed E-state index contributed by atoms with van der Waals surface area (Å²) in [5.74, 6) is -0.455. The fraction of sp³-hybridized carbons (Fsp3) is 0.0417. The molecule has 0 radical (unpaired) electrons. The number of anilines is 2. The minimum Gasteiger partial charge on any atom is -0.326 e. The number of aromatic nitrogens is 1. The van der Waals surface area contributed by atoms with Crippen molar-refractivity contribution < 1.29 is 9.59 Å². The minimum atomic E-state index is -0.264. The van der Waals surface area contributed by atoms with E-state index >= 15 is 0 Å². The summed E-state index contributed by atoms with van der Waals surface area (Å²) in [7, 11) is 0. The first-order valence-corrected chi connectivity index (χ1v) is 10.8. The van der Waals surface area contributed by atoms with Gasteiger partial charge >= 0.3 is 0 Å². The summed E-state index contributed by atoms with van der Waals surface area (Å²) < 4.78 is 0. The topological polar surface area (TPSA) is 71.1 Å². The van der Waals surface area contributed by atoms with Gasteiger partial charge < -0.3 is 10.6 Å². The molecule has 0 saturated carbocycles. The van der Waals surface area contributed by atoms with Crippen molar-refractivity contribution in [3.63, 3.8) is 0 Å². The number of hydrogen-bond acceptors (Lipinski definition) is 4. The second kappa shape index (κ2) is 9.12. The van der Waals surface area contributed by atoms with Gasteiger partial charge in [0, 0.05) is 40.4 Å². The van der Waals surface area contributed by atoms with Crippen LogP contribution in [0.1, 0.15) is 17.3 Å². The van der Waals surface area contributed by atoms with E-state index < -0.39 is 0 Å². The number of nitrogens with zero attached hydrogens (tertiary/aromatic N) is 1. The van der Waals surface area contributed by atoms with Gasteiger partial charge in [0.1, 0.15) is 5.01 Å². The summed E-state index contributed by atoms with van der Waals surface area (Å²) in [6, 6.07) is 21.9. The van der Waals surface area contributed by atoms with Crippen LogP contribution >= 0.6 is 22.9 Å². The Kier molecular flexibility index (Phi) is 6.11. The first-order valence-electron chi connectivity index (χ1n) is 9.49. The Balaban J connectivity index is 1.54. The van der Waals surface area contributed by atoms with Crippen LogP contribution in [0.3, 0.4) is 0 Å². The van der Waals surface area contributed by atoms with E-state index in [9.17, 15) is 9.59 Å². The molecule has 0 saturated heterocycles. The molecule has 2 N–H and O–H groups in total. The highest BCUT2D eigenvalue weighted by Gasteiger charge is 2.11. The van der Waals surface area contributed by atoms with E-state index in [-0.39, 0.29) is 11.8 Å². The predicted molar refractivity (Wildman–Crippen MR) is 127 cm³/mol. The third-order valence-corrected chi connectivity index (χ3v) is 5.67. The van der Waals surface area contributed by atoms with E-state index in [1.807, 2.05) is 53.9 Å². The monoisotopic (exact) mass is 447 g/mol. The number of nitrogens with one attached hydrogen (secondary N) is 2. The molecule has 4 rings (SSSR count). The van der Waals surface area contributed by atoms with Crippen molar-refractivity contribution in [3.8, 4) is 21.8 Å². The summed E-state index contributed by atoms with van der Waals surface area (Å²) >= 11 is 7.81. The van der Waals surface area contributed by atoms with E-state index in [1.54, 1.807) is 24.3 Å². The van der Waals surface area contributed by atoms with Crippen LogP contribution in [0, 0.1) is 0 Å². The van der Waals surface area contributed by atoms with Crippen LogP contribution < -0.4 is 10.6 Å². The number of halogens is 1. The molecule has 0 spiro atoms. The average molecular weight is 448 g/mol. The van der Waals surface area contributed by atoms with Gasteiger partial charge in [0.15, 0.2) is 0 Å². The number of carbonyl (C=O) groups is 2. The largest absolute Gasteiger partial charge is 0.326 e. The highest BCUT2D eigenvalue weighted by atomic mass is 35.5. The Morgan fingerprint density at radius 1 is 0.903 bits per heavy atom. The smallest absolute Gasteiger partial charge is 0.255 e. The molecule has 5 nitrogen and oxygen atoms in total. The van der Waals surface area contributed by atoms with Crippen LogP contribution in [0.2, 0.25) is 5.02 Å². The molecule has 7 heteroatoms. The van der Waals surface area contributed by atoms with Gasteiger partial charge in [-0.1, -0.05) is 48.0 Å². The molecule has 0 atom stereocenters. The van der Waals surface area contributed by atoms with Crippen LogP contribution in [0.5, 0.6) is 0 Å². The molecule has 2 amide bonds.